The van der Waals surface area contributed by atoms with Crippen LogP contribution >= 0.6 is 24.8 Å². The molecule has 1 aromatic rings. The van der Waals surface area contributed by atoms with Crippen LogP contribution in [0.5, 0.6) is 0 Å². The van der Waals surface area contributed by atoms with Gasteiger partial charge in [-0.2, -0.15) is 0 Å². The van der Waals surface area contributed by atoms with E-state index in [1.54, 1.807) is 0 Å². The molecule has 2 aliphatic heterocycles. The van der Waals surface area contributed by atoms with Crippen LogP contribution < -0.4 is 5.32 Å². The van der Waals surface area contributed by atoms with Crippen LogP contribution in [0.15, 0.2) is 30.3 Å². The minimum absolute atomic E-state index is 0. The number of halogens is 2. The molecule has 1 spiro atoms. The second-order valence-corrected chi connectivity index (χ2v) is 6.05. The molecule has 2 nitrogen and oxygen atoms in total. The minimum Gasteiger partial charge on any atom is -0.317 e. The van der Waals surface area contributed by atoms with Gasteiger partial charge in [0.25, 0.3) is 0 Å². The highest BCUT2D eigenvalue weighted by atomic mass is 35.5. The summed E-state index contributed by atoms with van der Waals surface area (Å²) in [6.07, 6.45) is 5.57. The van der Waals surface area contributed by atoms with Gasteiger partial charge in [-0.1, -0.05) is 30.3 Å². The summed E-state index contributed by atoms with van der Waals surface area (Å²) >= 11 is 0. The van der Waals surface area contributed by atoms with E-state index in [-0.39, 0.29) is 24.8 Å². The van der Waals surface area contributed by atoms with Gasteiger partial charge in [-0.25, -0.2) is 0 Å². The van der Waals surface area contributed by atoms with E-state index in [2.05, 4.69) is 40.5 Å². The quantitative estimate of drug-likeness (QED) is 0.898. The number of nitrogens with one attached hydrogen (secondary N) is 1. The van der Waals surface area contributed by atoms with E-state index in [0.29, 0.717) is 5.41 Å². The molecule has 4 heteroatoms. The van der Waals surface area contributed by atoms with Gasteiger partial charge >= 0.3 is 0 Å². The van der Waals surface area contributed by atoms with Crippen LogP contribution in [0.1, 0.15) is 31.2 Å². The van der Waals surface area contributed by atoms with Crippen LogP contribution in [-0.2, 0) is 6.54 Å². The molecule has 0 amide bonds. The van der Waals surface area contributed by atoms with Crippen molar-refractivity contribution in [1.29, 1.82) is 0 Å². The molecule has 1 aromatic carbocycles. The number of rotatable bonds is 2. The van der Waals surface area contributed by atoms with E-state index >= 15 is 0 Å². The lowest BCUT2D eigenvalue weighted by molar-refractivity contribution is 0.0552. The fourth-order valence-corrected chi connectivity index (χ4v) is 3.65. The van der Waals surface area contributed by atoms with Crippen molar-refractivity contribution in [2.24, 2.45) is 5.41 Å². The Hall–Kier alpha value is -0.280. The standard InChI is InChI=1S/C16H24N2.2ClH/c1-2-5-15(6-3-1)13-18-12-4-7-16(14-18)8-10-17-11-9-16;;/h1-3,5-6,17H,4,7-14H2;2*1H. The SMILES string of the molecule is Cl.Cl.c1ccc(CN2CCCC3(CCNCC3)C2)cc1. The molecule has 0 aromatic heterocycles. The van der Waals surface area contributed by atoms with Crippen molar-refractivity contribution in [2.75, 3.05) is 26.2 Å². The molecular weight excluding hydrogens is 291 g/mol. The molecule has 0 bridgehead atoms. The summed E-state index contributed by atoms with van der Waals surface area (Å²) in [6.45, 7) is 6.17. The second kappa shape index (κ2) is 8.23. The lowest BCUT2D eigenvalue weighted by Gasteiger charge is -2.45. The summed E-state index contributed by atoms with van der Waals surface area (Å²) in [5.41, 5.74) is 2.08. The normalized spacial score (nSPS) is 21.8. The van der Waals surface area contributed by atoms with E-state index in [0.717, 1.165) is 6.54 Å². The van der Waals surface area contributed by atoms with Crippen LogP contribution in [0.2, 0.25) is 0 Å². The largest absolute Gasteiger partial charge is 0.317 e. The number of piperidine rings is 2. The average molecular weight is 317 g/mol. The smallest absolute Gasteiger partial charge is 0.0233 e. The highest BCUT2D eigenvalue weighted by Crippen LogP contribution is 2.38. The zero-order valence-corrected chi connectivity index (χ0v) is 13.6. The molecule has 0 radical (unpaired) electrons. The molecule has 20 heavy (non-hydrogen) atoms. The maximum atomic E-state index is 3.50. The minimum atomic E-state index is 0. The molecule has 2 saturated heterocycles. The van der Waals surface area contributed by atoms with Gasteiger partial charge < -0.3 is 5.32 Å². The summed E-state index contributed by atoms with van der Waals surface area (Å²) in [5, 5.41) is 3.50. The monoisotopic (exact) mass is 316 g/mol. The van der Waals surface area contributed by atoms with Crippen molar-refractivity contribution < 1.29 is 0 Å². The van der Waals surface area contributed by atoms with Gasteiger partial charge in [0.2, 0.25) is 0 Å². The van der Waals surface area contributed by atoms with Crippen molar-refractivity contribution in [2.45, 2.75) is 32.2 Å². The third-order valence-corrected chi connectivity index (χ3v) is 4.65. The predicted octanol–water partition coefficient (Wildman–Crippen LogP) is 3.50. The molecule has 114 valence electrons. The van der Waals surface area contributed by atoms with Gasteiger partial charge in [0.15, 0.2) is 0 Å². The Kier molecular flexibility index (Phi) is 7.32. The summed E-state index contributed by atoms with van der Waals surface area (Å²) in [6, 6.07) is 10.9. The van der Waals surface area contributed by atoms with Gasteiger partial charge in [0.05, 0.1) is 0 Å². The summed E-state index contributed by atoms with van der Waals surface area (Å²) in [7, 11) is 0. The van der Waals surface area contributed by atoms with Crippen molar-refractivity contribution in [3.05, 3.63) is 35.9 Å². The maximum absolute atomic E-state index is 3.50. The molecule has 0 atom stereocenters. The molecule has 1 N–H and O–H groups in total. The molecule has 2 heterocycles. The lowest BCUT2D eigenvalue weighted by Crippen LogP contribution is -2.48. The van der Waals surface area contributed by atoms with Crippen molar-refractivity contribution in [1.82, 2.24) is 10.2 Å². The Labute approximate surface area is 135 Å². The Bertz CT molecular complexity index is 372. The molecule has 0 aliphatic carbocycles. The Morgan fingerprint density at radius 3 is 2.40 bits per heavy atom. The topological polar surface area (TPSA) is 15.3 Å². The van der Waals surface area contributed by atoms with Gasteiger partial charge in [0, 0.05) is 13.1 Å². The molecule has 0 unspecified atom stereocenters. The zero-order chi connectivity index (χ0) is 12.3. The fraction of sp³-hybridized carbons (Fsp3) is 0.625. The van der Waals surface area contributed by atoms with Crippen LogP contribution in [0, 0.1) is 5.41 Å². The van der Waals surface area contributed by atoms with Crippen molar-refractivity contribution >= 4 is 24.8 Å². The van der Waals surface area contributed by atoms with Gasteiger partial charge in [0.1, 0.15) is 0 Å². The summed E-state index contributed by atoms with van der Waals surface area (Å²) in [4.78, 5) is 2.67. The van der Waals surface area contributed by atoms with Crippen molar-refractivity contribution in [3.8, 4) is 0 Å². The Morgan fingerprint density at radius 1 is 1.00 bits per heavy atom. The highest BCUT2D eigenvalue weighted by molar-refractivity contribution is 5.85. The first-order chi connectivity index (χ1) is 8.86. The van der Waals surface area contributed by atoms with E-state index < -0.39 is 0 Å². The van der Waals surface area contributed by atoms with Gasteiger partial charge in [-0.15, -0.1) is 24.8 Å². The summed E-state index contributed by atoms with van der Waals surface area (Å²) < 4.78 is 0. The number of hydrogen-bond acceptors (Lipinski definition) is 2. The molecule has 3 rings (SSSR count). The first-order valence-corrected chi connectivity index (χ1v) is 7.33. The van der Waals surface area contributed by atoms with E-state index in [4.69, 9.17) is 0 Å². The second-order valence-electron chi connectivity index (χ2n) is 6.05. The summed E-state index contributed by atoms with van der Waals surface area (Å²) in [5.74, 6) is 0. The number of likely N-dealkylation sites (tertiary alicyclic amines) is 1. The molecule has 2 aliphatic rings. The van der Waals surface area contributed by atoms with Crippen LogP contribution in [0.3, 0.4) is 0 Å². The average Bonchev–Trinajstić information content (AvgIpc) is 2.41. The number of nitrogens with zero attached hydrogens (tertiary/aromatic N) is 1. The van der Waals surface area contributed by atoms with Crippen molar-refractivity contribution in [3.63, 3.8) is 0 Å². The number of benzene rings is 1. The predicted molar refractivity (Wildman–Crippen MR) is 90.0 cm³/mol. The third kappa shape index (κ3) is 4.36. The Morgan fingerprint density at radius 2 is 1.70 bits per heavy atom. The third-order valence-electron chi connectivity index (χ3n) is 4.65. The van der Waals surface area contributed by atoms with E-state index in [9.17, 15) is 0 Å². The first-order valence-electron chi connectivity index (χ1n) is 7.33. The fourth-order valence-electron chi connectivity index (χ4n) is 3.65. The highest BCUT2D eigenvalue weighted by Gasteiger charge is 2.36. The maximum Gasteiger partial charge on any atom is 0.0233 e. The van der Waals surface area contributed by atoms with Crippen LogP contribution in [-0.4, -0.2) is 31.1 Å². The van der Waals surface area contributed by atoms with E-state index in [1.165, 1.54) is 57.4 Å². The lowest BCUT2D eigenvalue weighted by atomic mass is 9.73. The van der Waals surface area contributed by atoms with Gasteiger partial charge in [-0.3, -0.25) is 4.90 Å². The molecular formula is C16H26Cl2N2. The van der Waals surface area contributed by atoms with Crippen LogP contribution in [0.4, 0.5) is 0 Å². The molecule has 2 fully saturated rings. The van der Waals surface area contributed by atoms with E-state index in [1.807, 2.05) is 0 Å². The van der Waals surface area contributed by atoms with Crippen LogP contribution in [0.25, 0.3) is 0 Å². The first kappa shape index (κ1) is 17.8. The number of hydrogen-bond donors (Lipinski definition) is 1. The van der Waals surface area contributed by atoms with Gasteiger partial charge in [-0.05, 0) is 56.3 Å². The molecule has 0 saturated carbocycles. The Balaban J connectivity index is 0.000001000. The zero-order valence-electron chi connectivity index (χ0n) is 12.0.